The summed E-state index contributed by atoms with van der Waals surface area (Å²) in [6.45, 7) is 12.0. The molecule has 0 saturated carbocycles. The first-order valence-electron chi connectivity index (χ1n) is 8.34. The van der Waals surface area contributed by atoms with Gasteiger partial charge in [0.15, 0.2) is 0 Å². The molecule has 3 N–H and O–H groups in total. The van der Waals surface area contributed by atoms with Crippen LogP contribution in [-0.2, 0) is 24.3 Å². The molecular formula is C15H31N3O6S. The van der Waals surface area contributed by atoms with Crippen LogP contribution in [-0.4, -0.2) is 41.6 Å². The zero-order valence-electron chi connectivity index (χ0n) is 15.9. The highest BCUT2D eigenvalue weighted by molar-refractivity contribution is 7.80. The minimum absolute atomic E-state index is 0.227. The molecule has 0 bridgehead atoms. The molecule has 0 aromatic heterocycles. The molecule has 1 saturated heterocycles. The van der Waals surface area contributed by atoms with Crippen LogP contribution in [0.15, 0.2) is 0 Å². The van der Waals surface area contributed by atoms with Gasteiger partial charge in [0.05, 0.1) is 16.5 Å². The average Bonchev–Trinajstić information content (AvgIpc) is 2.40. The predicted octanol–water partition coefficient (Wildman–Crippen LogP) is 1.73. The van der Waals surface area contributed by atoms with Crippen LogP contribution in [0.1, 0.15) is 67.2 Å². The Bertz CT molecular complexity index is 558. The molecule has 1 rings (SSSR count). The summed E-state index contributed by atoms with van der Waals surface area (Å²) < 4.78 is 33.1. The number of nitrogens with one attached hydrogen (secondary N) is 2. The molecule has 9 nitrogen and oxygen atoms in total. The smallest absolute Gasteiger partial charge is 0.366 e. The monoisotopic (exact) mass is 381 g/mol. The highest BCUT2D eigenvalue weighted by atomic mass is 32.3. The fraction of sp³-hybridized carbons (Fsp3) is 0.933. The zero-order valence-corrected chi connectivity index (χ0v) is 16.7. The lowest BCUT2D eigenvalue weighted by atomic mass is 9.82. The van der Waals surface area contributed by atoms with Gasteiger partial charge < -0.3 is 4.84 Å². The Hall–Kier alpha value is -0.780. The lowest BCUT2D eigenvalue weighted by Crippen LogP contribution is -2.59. The van der Waals surface area contributed by atoms with Crippen molar-refractivity contribution >= 4 is 16.4 Å². The summed E-state index contributed by atoms with van der Waals surface area (Å²) in [5, 5.41) is 1.81. The molecule has 0 radical (unpaired) electrons. The number of nitrogens with zero attached hydrogens (tertiary/aromatic N) is 1. The van der Waals surface area contributed by atoms with Crippen LogP contribution in [0.25, 0.3) is 0 Å². The molecule has 1 fully saturated rings. The van der Waals surface area contributed by atoms with Crippen LogP contribution in [0.2, 0.25) is 0 Å². The molecular weight excluding hydrogens is 350 g/mol. The number of carbonyl (C=O) groups is 1. The van der Waals surface area contributed by atoms with Crippen molar-refractivity contribution in [2.24, 2.45) is 5.41 Å². The first-order chi connectivity index (χ1) is 11.2. The van der Waals surface area contributed by atoms with Crippen molar-refractivity contribution in [1.82, 2.24) is 16.1 Å². The Morgan fingerprint density at radius 2 is 1.72 bits per heavy atom. The summed E-state index contributed by atoms with van der Waals surface area (Å²) in [6, 6.07) is 0. The van der Waals surface area contributed by atoms with Crippen molar-refractivity contribution in [3.05, 3.63) is 0 Å². The van der Waals surface area contributed by atoms with Crippen molar-refractivity contribution in [3.63, 3.8) is 0 Å². The summed E-state index contributed by atoms with van der Waals surface area (Å²) in [5.41, 5.74) is 3.08. The quantitative estimate of drug-likeness (QED) is 0.328. The number of hydroxylamine groups is 2. The van der Waals surface area contributed by atoms with Gasteiger partial charge in [-0.2, -0.15) is 8.42 Å². The fourth-order valence-corrected chi connectivity index (χ4v) is 3.20. The molecule has 0 atom stereocenters. The zero-order chi connectivity index (χ0) is 19.5. The van der Waals surface area contributed by atoms with E-state index in [0.717, 1.165) is 19.3 Å². The lowest BCUT2D eigenvalue weighted by Gasteiger charge is -2.50. The Morgan fingerprint density at radius 3 is 2.20 bits per heavy atom. The van der Waals surface area contributed by atoms with E-state index >= 15 is 0 Å². The van der Waals surface area contributed by atoms with E-state index in [1.165, 1.54) is 0 Å². The Kier molecular flexibility index (Phi) is 6.99. The first-order valence-corrected chi connectivity index (χ1v) is 9.70. The molecule has 0 aliphatic carbocycles. The molecule has 10 heteroatoms. The van der Waals surface area contributed by atoms with E-state index in [0.29, 0.717) is 6.42 Å². The van der Waals surface area contributed by atoms with E-state index in [2.05, 4.69) is 37.4 Å². The molecule has 1 heterocycles. The lowest BCUT2D eigenvalue weighted by molar-refractivity contribution is -0.272. The minimum Gasteiger partial charge on any atom is -0.366 e. The standard InChI is InChI=1S/C15H31N3O6S/c1-13(2,10-11-16-17-24-25(20,21)22)12(19)23-18-14(3,4)8-7-9-15(18,5)6/h16-17H,7-11H2,1-6H3,(H,20,21,22). The average molecular weight is 381 g/mol. The van der Waals surface area contributed by atoms with Gasteiger partial charge in [0.1, 0.15) is 0 Å². The second-order valence-electron chi connectivity index (χ2n) is 8.33. The fourth-order valence-electron chi connectivity index (χ4n) is 3.04. The molecule has 0 amide bonds. The maximum atomic E-state index is 12.7. The first kappa shape index (κ1) is 22.3. The third-order valence-electron chi connectivity index (χ3n) is 4.50. The molecule has 1 aliphatic heterocycles. The summed E-state index contributed by atoms with van der Waals surface area (Å²) in [5.74, 6) is -0.354. The number of carbonyl (C=O) groups excluding carboxylic acids is 1. The third-order valence-corrected chi connectivity index (χ3v) is 4.79. The number of hydrogen-bond donors (Lipinski definition) is 3. The molecule has 25 heavy (non-hydrogen) atoms. The normalized spacial score (nSPS) is 21.1. The SMILES string of the molecule is CC(C)(CCNNOS(=O)(=O)O)C(=O)ON1C(C)(C)CCCC1(C)C. The Morgan fingerprint density at radius 1 is 1.20 bits per heavy atom. The highest BCUT2D eigenvalue weighted by Crippen LogP contribution is 2.39. The number of hydrogen-bond acceptors (Lipinski definition) is 8. The van der Waals surface area contributed by atoms with Gasteiger partial charge in [-0.1, -0.05) is 0 Å². The largest absolute Gasteiger partial charge is 0.414 e. The van der Waals surface area contributed by atoms with Gasteiger partial charge in [-0.05, 0) is 67.2 Å². The number of rotatable bonds is 8. The van der Waals surface area contributed by atoms with E-state index in [9.17, 15) is 13.2 Å². The molecule has 0 aromatic carbocycles. The molecule has 148 valence electrons. The van der Waals surface area contributed by atoms with Gasteiger partial charge in [0.2, 0.25) is 0 Å². The topological polar surface area (TPSA) is 117 Å². The third kappa shape index (κ3) is 6.80. The maximum Gasteiger partial charge on any atom is 0.414 e. The summed E-state index contributed by atoms with van der Waals surface area (Å²) >= 11 is 0. The van der Waals surface area contributed by atoms with E-state index in [1.807, 2.05) is 5.59 Å². The Labute approximate surface area is 150 Å². The van der Waals surface area contributed by atoms with Crippen LogP contribution in [0.5, 0.6) is 0 Å². The van der Waals surface area contributed by atoms with Gasteiger partial charge in [0.25, 0.3) is 0 Å². The van der Waals surface area contributed by atoms with Crippen molar-refractivity contribution < 1.29 is 26.9 Å². The Balaban J connectivity index is 2.58. The van der Waals surface area contributed by atoms with E-state index in [4.69, 9.17) is 9.39 Å². The van der Waals surface area contributed by atoms with Gasteiger partial charge in [-0.3, -0.25) is 4.55 Å². The van der Waals surface area contributed by atoms with Crippen LogP contribution in [0, 0.1) is 5.41 Å². The van der Waals surface area contributed by atoms with Crippen LogP contribution >= 0.6 is 0 Å². The van der Waals surface area contributed by atoms with Gasteiger partial charge >= 0.3 is 16.4 Å². The second kappa shape index (κ2) is 7.85. The van der Waals surface area contributed by atoms with Crippen LogP contribution < -0.4 is 11.0 Å². The number of hydrazine groups is 1. The number of piperidine rings is 1. The predicted molar refractivity (Wildman–Crippen MR) is 92.1 cm³/mol. The van der Waals surface area contributed by atoms with E-state index in [-0.39, 0.29) is 23.6 Å². The molecule has 0 aromatic rings. The highest BCUT2D eigenvalue weighted by Gasteiger charge is 2.46. The van der Waals surface area contributed by atoms with E-state index < -0.39 is 15.8 Å². The van der Waals surface area contributed by atoms with Gasteiger partial charge in [0, 0.05) is 6.54 Å². The summed E-state index contributed by atoms with van der Waals surface area (Å²) in [6.07, 6.45) is 3.34. The molecule has 0 unspecified atom stereocenters. The maximum absolute atomic E-state index is 12.7. The molecule has 1 aliphatic rings. The van der Waals surface area contributed by atoms with Crippen molar-refractivity contribution in [3.8, 4) is 0 Å². The summed E-state index contributed by atoms with van der Waals surface area (Å²) in [4.78, 5) is 18.4. The van der Waals surface area contributed by atoms with Crippen LogP contribution in [0.4, 0.5) is 0 Å². The second-order valence-corrected chi connectivity index (χ2v) is 9.35. The summed E-state index contributed by atoms with van der Waals surface area (Å²) in [7, 11) is -4.57. The van der Waals surface area contributed by atoms with E-state index in [1.54, 1.807) is 18.9 Å². The van der Waals surface area contributed by atoms with Gasteiger partial charge in [-0.25, -0.2) is 10.2 Å². The minimum atomic E-state index is -4.57. The van der Waals surface area contributed by atoms with Crippen molar-refractivity contribution in [2.45, 2.75) is 78.3 Å². The van der Waals surface area contributed by atoms with Crippen LogP contribution in [0.3, 0.4) is 0 Å². The van der Waals surface area contributed by atoms with Gasteiger partial charge in [-0.15, -0.1) is 14.9 Å². The van der Waals surface area contributed by atoms with Crippen molar-refractivity contribution in [1.29, 1.82) is 0 Å². The molecule has 0 spiro atoms. The van der Waals surface area contributed by atoms with Crippen molar-refractivity contribution in [2.75, 3.05) is 6.54 Å².